The molecule has 6 nitrogen and oxygen atoms in total. The van der Waals surface area contributed by atoms with E-state index in [4.69, 9.17) is 4.74 Å². The van der Waals surface area contributed by atoms with Crippen LogP contribution in [0.3, 0.4) is 0 Å². The highest BCUT2D eigenvalue weighted by Gasteiger charge is 2.31. The monoisotopic (exact) mass is 365 g/mol. The molecule has 27 heavy (non-hydrogen) atoms. The molecular weight excluding hydrogens is 342 g/mol. The van der Waals surface area contributed by atoms with E-state index >= 15 is 0 Å². The van der Waals surface area contributed by atoms with Crippen molar-refractivity contribution in [2.45, 2.75) is 32.3 Å². The van der Waals surface area contributed by atoms with Gasteiger partial charge in [0.25, 0.3) is 0 Å². The standard InChI is InChI=1S/C21H23N3O3/c1-3-20(25)24-12-18(13-24)27-17-9-16(10-22-11-17)14-4-6-19-15(8-14)5-7-21(26)23(19)2/h4,6,8-11,18H,3,5,7,12-13H2,1-2H3. The largest absolute Gasteiger partial charge is 0.485 e. The van der Waals surface area contributed by atoms with Crippen LogP contribution in [0.4, 0.5) is 5.69 Å². The van der Waals surface area contributed by atoms with Gasteiger partial charge in [-0.15, -0.1) is 0 Å². The van der Waals surface area contributed by atoms with Crippen LogP contribution in [-0.2, 0) is 16.0 Å². The molecule has 6 heteroatoms. The number of hydrogen-bond acceptors (Lipinski definition) is 4. The molecule has 1 saturated heterocycles. The first kappa shape index (κ1) is 17.5. The average molecular weight is 365 g/mol. The molecule has 2 aliphatic heterocycles. The molecule has 140 valence electrons. The number of carbonyl (C=O) groups excluding carboxylic acids is 2. The van der Waals surface area contributed by atoms with E-state index in [-0.39, 0.29) is 17.9 Å². The molecule has 1 aromatic heterocycles. The number of aryl methyl sites for hydroxylation is 1. The maximum atomic E-state index is 11.9. The fraction of sp³-hybridized carbons (Fsp3) is 0.381. The molecular formula is C21H23N3O3. The Kier molecular flexibility index (Phi) is 4.56. The van der Waals surface area contributed by atoms with Crippen LogP contribution < -0.4 is 9.64 Å². The number of ether oxygens (including phenoxy) is 1. The summed E-state index contributed by atoms with van der Waals surface area (Å²) in [6, 6.07) is 8.12. The molecule has 2 aliphatic rings. The molecule has 0 radical (unpaired) electrons. The van der Waals surface area contributed by atoms with Crippen LogP contribution in [0.2, 0.25) is 0 Å². The summed E-state index contributed by atoms with van der Waals surface area (Å²) in [5.74, 6) is 1.04. The quantitative estimate of drug-likeness (QED) is 0.836. The smallest absolute Gasteiger partial charge is 0.227 e. The molecule has 3 heterocycles. The number of hydrogen-bond donors (Lipinski definition) is 0. The zero-order chi connectivity index (χ0) is 19.0. The third kappa shape index (κ3) is 3.39. The molecule has 0 atom stereocenters. The molecule has 4 rings (SSSR count). The van der Waals surface area contributed by atoms with Crippen molar-refractivity contribution in [2.24, 2.45) is 0 Å². The molecule has 0 N–H and O–H groups in total. The molecule has 1 aromatic carbocycles. The van der Waals surface area contributed by atoms with Gasteiger partial charge in [-0.2, -0.15) is 0 Å². The van der Waals surface area contributed by atoms with Crippen molar-refractivity contribution >= 4 is 17.5 Å². The minimum absolute atomic E-state index is 0.0285. The number of likely N-dealkylation sites (tertiary alicyclic amines) is 1. The molecule has 0 spiro atoms. The van der Waals surface area contributed by atoms with Crippen LogP contribution in [0.5, 0.6) is 5.75 Å². The summed E-state index contributed by atoms with van der Waals surface area (Å²) in [6.07, 6.45) is 5.39. The summed E-state index contributed by atoms with van der Waals surface area (Å²) >= 11 is 0. The van der Waals surface area contributed by atoms with E-state index in [1.165, 1.54) is 5.56 Å². The van der Waals surface area contributed by atoms with Gasteiger partial charge in [0.1, 0.15) is 11.9 Å². The van der Waals surface area contributed by atoms with Crippen molar-refractivity contribution in [1.82, 2.24) is 9.88 Å². The summed E-state index contributed by atoms with van der Waals surface area (Å²) in [7, 11) is 1.82. The second-order valence-electron chi connectivity index (χ2n) is 7.10. The minimum atomic E-state index is 0.0285. The van der Waals surface area contributed by atoms with E-state index in [9.17, 15) is 9.59 Å². The van der Waals surface area contributed by atoms with Crippen LogP contribution in [0, 0.1) is 0 Å². The van der Waals surface area contributed by atoms with Crippen molar-refractivity contribution in [3.8, 4) is 16.9 Å². The topological polar surface area (TPSA) is 62.7 Å². The number of pyridine rings is 1. The van der Waals surface area contributed by atoms with Crippen molar-refractivity contribution in [1.29, 1.82) is 0 Å². The summed E-state index contributed by atoms with van der Waals surface area (Å²) in [5.41, 5.74) is 4.20. The highest BCUT2D eigenvalue weighted by Crippen LogP contribution is 2.32. The highest BCUT2D eigenvalue weighted by molar-refractivity contribution is 5.96. The van der Waals surface area contributed by atoms with Crippen LogP contribution in [0.25, 0.3) is 11.1 Å². The maximum absolute atomic E-state index is 11.9. The molecule has 0 saturated carbocycles. The van der Waals surface area contributed by atoms with Crippen molar-refractivity contribution in [3.63, 3.8) is 0 Å². The SMILES string of the molecule is CCC(=O)N1CC(Oc2cncc(-c3ccc4c(c3)CCC(=O)N4C)c2)C1. The Morgan fingerprint density at radius 1 is 1.19 bits per heavy atom. The Morgan fingerprint density at radius 2 is 2.00 bits per heavy atom. The van der Waals surface area contributed by atoms with Gasteiger partial charge in [-0.25, -0.2) is 0 Å². The van der Waals surface area contributed by atoms with Crippen LogP contribution in [0.15, 0.2) is 36.7 Å². The summed E-state index contributed by atoms with van der Waals surface area (Å²) in [4.78, 5) is 31.3. The lowest BCUT2D eigenvalue weighted by molar-refractivity contribution is -0.139. The Morgan fingerprint density at radius 3 is 2.78 bits per heavy atom. The lowest BCUT2D eigenvalue weighted by atomic mass is 9.97. The third-order valence-corrected chi connectivity index (χ3v) is 5.28. The van der Waals surface area contributed by atoms with Crippen LogP contribution in [-0.4, -0.2) is 47.9 Å². The number of benzene rings is 1. The van der Waals surface area contributed by atoms with E-state index in [1.807, 2.05) is 43.3 Å². The summed E-state index contributed by atoms with van der Waals surface area (Å²) < 4.78 is 5.97. The van der Waals surface area contributed by atoms with E-state index < -0.39 is 0 Å². The second-order valence-corrected chi connectivity index (χ2v) is 7.10. The Hall–Kier alpha value is -2.89. The summed E-state index contributed by atoms with van der Waals surface area (Å²) in [5, 5.41) is 0. The predicted molar refractivity (Wildman–Crippen MR) is 103 cm³/mol. The van der Waals surface area contributed by atoms with Crippen molar-refractivity contribution in [3.05, 3.63) is 42.2 Å². The van der Waals surface area contributed by atoms with Gasteiger partial charge in [0.05, 0.1) is 19.3 Å². The van der Waals surface area contributed by atoms with E-state index in [2.05, 4.69) is 11.1 Å². The number of fused-ring (bicyclic) bond motifs is 1. The van der Waals surface area contributed by atoms with E-state index in [1.54, 1.807) is 11.1 Å². The first-order chi connectivity index (χ1) is 13.0. The van der Waals surface area contributed by atoms with Gasteiger partial charge in [-0.3, -0.25) is 14.6 Å². The number of carbonyl (C=O) groups is 2. The fourth-order valence-corrected chi connectivity index (χ4v) is 3.61. The highest BCUT2D eigenvalue weighted by atomic mass is 16.5. The number of aromatic nitrogens is 1. The van der Waals surface area contributed by atoms with Crippen molar-refractivity contribution in [2.75, 3.05) is 25.0 Å². The first-order valence-corrected chi connectivity index (χ1v) is 9.34. The normalized spacial score (nSPS) is 16.7. The predicted octanol–water partition coefficient (Wildman–Crippen LogP) is 2.66. The lowest BCUT2D eigenvalue weighted by Crippen LogP contribution is -2.56. The molecule has 0 unspecified atom stereocenters. The third-order valence-electron chi connectivity index (χ3n) is 5.28. The van der Waals surface area contributed by atoms with Gasteiger partial charge < -0.3 is 14.5 Å². The van der Waals surface area contributed by atoms with Crippen molar-refractivity contribution < 1.29 is 14.3 Å². The number of rotatable bonds is 4. The lowest BCUT2D eigenvalue weighted by Gasteiger charge is -2.38. The number of amides is 2. The van der Waals surface area contributed by atoms with Gasteiger partial charge >= 0.3 is 0 Å². The summed E-state index contributed by atoms with van der Waals surface area (Å²) in [6.45, 7) is 3.14. The zero-order valence-corrected chi connectivity index (χ0v) is 15.6. The van der Waals surface area contributed by atoms with Crippen LogP contribution in [0.1, 0.15) is 25.3 Å². The Bertz CT molecular complexity index is 890. The van der Waals surface area contributed by atoms with E-state index in [0.717, 1.165) is 23.2 Å². The fourth-order valence-electron chi connectivity index (χ4n) is 3.61. The second kappa shape index (κ2) is 7.02. The van der Waals surface area contributed by atoms with Gasteiger partial charge in [0.15, 0.2) is 0 Å². The van der Waals surface area contributed by atoms with Gasteiger partial charge in [0.2, 0.25) is 11.8 Å². The Labute approximate surface area is 158 Å². The van der Waals surface area contributed by atoms with Gasteiger partial charge in [0, 0.05) is 37.3 Å². The number of nitrogens with zero attached hydrogens (tertiary/aromatic N) is 3. The van der Waals surface area contributed by atoms with Crippen LogP contribution >= 0.6 is 0 Å². The average Bonchev–Trinajstić information content (AvgIpc) is 2.66. The molecule has 0 aliphatic carbocycles. The molecule has 2 aromatic rings. The molecule has 1 fully saturated rings. The first-order valence-electron chi connectivity index (χ1n) is 9.34. The zero-order valence-electron chi connectivity index (χ0n) is 15.6. The number of anilines is 1. The maximum Gasteiger partial charge on any atom is 0.227 e. The van der Waals surface area contributed by atoms with Gasteiger partial charge in [-0.05, 0) is 35.7 Å². The Balaban J connectivity index is 1.49. The minimum Gasteiger partial charge on any atom is -0.485 e. The van der Waals surface area contributed by atoms with Gasteiger partial charge in [-0.1, -0.05) is 13.0 Å². The molecule has 2 amide bonds. The van der Waals surface area contributed by atoms with E-state index in [0.29, 0.717) is 31.7 Å². The molecule has 0 bridgehead atoms.